The molecule has 0 saturated heterocycles. The predicted octanol–water partition coefficient (Wildman–Crippen LogP) is 4.01. The largest absolute Gasteiger partial charge is 0.497 e. The Morgan fingerprint density at radius 1 is 1.00 bits per heavy atom. The van der Waals surface area contributed by atoms with Crippen LogP contribution in [0.2, 0.25) is 0 Å². The number of nitrogens with zero attached hydrogens (tertiary/aromatic N) is 1. The van der Waals surface area contributed by atoms with E-state index in [2.05, 4.69) is 4.98 Å². The SMILES string of the molecule is COC(=O)c1cc(-c2ccc(OC)cc2)nc2ccc(C)cc12. The van der Waals surface area contributed by atoms with Gasteiger partial charge in [0.25, 0.3) is 0 Å². The molecule has 0 aliphatic carbocycles. The highest BCUT2D eigenvalue weighted by molar-refractivity contribution is 6.04. The Bertz CT molecular complexity index is 870. The molecule has 0 N–H and O–H groups in total. The Morgan fingerprint density at radius 3 is 2.39 bits per heavy atom. The van der Waals surface area contributed by atoms with E-state index in [9.17, 15) is 4.79 Å². The molecule has 0 bridgehead atoms. The molecule has 0 fully saturated rings. The summed E-state index contributed by atoms with van der Waals surface area (Å²) in [7, 11) is 3.01. The number of fused-ring (bicyclic) bond motifs is 1. The van der Waals surface area contributed by atoms with Gasteiger partial charge in [0.2, 0.25) is 0 Å². The smallest absolute Gasteiger partial charge is 0.338 e. The molecule has 1 aromatic heterocycles. The van der Waals surface area contributed by atoms with Crippen molar-refractivity contribution < 1.29 is 14.3 Å². The van der Waals surface area contributed by atoms with E-state index in [4.69, 9.17) is 9.47 Å². The summed E-state index contributed by atoms with van der Waals surface area (Å²) < 4.78 is 10.1. The minimum absolute atomic E-state index is 0.363. The molecule has 116 valence electrons. The summed E-state index contributed by atoms with van der Waals surface area (Å²) in [6.07, 6.45) is 0. The van der Waals surface area contributed by atoms with Crippen molar-refractivity contribution in [2.75, 3.05) is 14.2 Å². The average molecular weight is 307 g/mol. The number of aromatic nitrogens is 1. The zero-order valence-corrected chi connectivity index (χ0v) is 13.3. The van der Waals surface area contributed by atoms with Crippen LogP contribution in [-0.2, 0) is 4.74 Å². The van der Waals surface area contributed by atoms with Crippen LogP contribution in [0.5, 0.6) is 5.75 Å². The van der Waals surface area contributed by atoms with Gasteiger partial charge in [-0.2, -0.15) is 0 Å². The van der Waals surface area contributed by atoms with Crippen molar-refractivity contribution in [3.05, 3.63) is 59.7 Å². The van der Waals surface area contributed by atoms with Crippen molar-refractivity contribution in [1.29, 1.82) is 0 Å². The first-order valence-electron chi connectivity index (χ1n) is 7.26. The Hall–Kier alpha value is -2.88. The fraction of sp³-hybridized carbons (Fsp3) is 0.158. The Balaban J connectivity index is 2.21. The topological polar surface area (TPSA) is 48.4 Å². The normalized spacial score (nSPS) is 10.6. The second kappa shape index (κ2) is 6.08. The quantitative estimate of drug-likeness (QED) is 0.686. The lowest BCUT2D eigenvalue weighted by atomic mass is 10.0. The van der Waals surface area contributed by atoms with E-state index >= 15 is 0 Å². The van der Waals surface area contributed by atoms with Gasteiger partial charge in [0.1, 0.15) is 5.75 Å². The van der Waals surface area contributed by atoms with Gasteiger partial charge >= 0.3 is 5.97 Å². The summed E-state index contributed by atoms with van der Waals surface area (Å²) in [5.74, 6) is 0.413. The van der Waals surface area contributed by atoms with Crippen molar-refractivity contribution >= 4 is 16.9 Å². The number of rotatable bonds is 3. The monoisotopic (exact) mass is 307 g/mol. The zero-order valence-electron chi connectivity index (χ0n) is 13.3. The highest BCUT2D eigenvalue weighted by atomic mass is 16.5. The summed E-state index contributed by atoms with van der Waals surface area (Å²) >= 11 is 0. The maximum absolute atomic E-state index is 12.2. The third-order valence-corrected chi connectivity index (χ3v) is 3.76. The summed E-state index contributed by atoms with van der Waals surface area (Å²) in [5, 5.41) is 0.800. The molecule has 0 aliphatic heterocycles. The second-order valence-electron chi connectivity index (χ2n) is 5.30. The summed E-state index contributed by atoms with van der Waals surface area (Å²) in [4.78, 5) is 16.8. The molecule has 0 saturated carbocycles. The van der Waals surface area contributed by atoms with Crippen LogP contribution in [0.3, 0.4) is 0 Å². The number of pyridine rings is 1. The predicted molar refractivity (Wildman–Crippen MR) is 89.8 cm³/mol. The molecule has 0 aliphatic rings. The Kier molecular flexibility index (Phi) is 3.98. The lowest BCUT2D eigenvalue weighted by Crippen LogP contribution is -2.04. The maximum atomic E-state index is 12.2. The molecule has 3 rings (SSSR count). The molecular weight excluding hydrogens is 290 g/mol. The standard InChI is InChI=1S/C19H17NO3/c1-12-4-9-17-15(10-12)16(19(21)23-3)11-18(20-17)13-5-7-14(22-2)8-6-13/h4-11H,1-3H3. The molecule has 23 heavy (non-hydrogen) atoms. The third-order valence-electron chi connectivity index (χ3n) is 3.76. The van der Waals surface area contributed by atoms with Gasteiger partial charge in [0.05, 0.1) is 31.0 Å². The fourth-order valence-electron chi connectivity index (χ4n) is 2.53. The van der Waals surface area contributed by atoms with Gasteiger partial charge in [0.15, 0.2) is 0 Å². The van der Waals surface area contributed by atoms with Crippen LogP contribution >= 0.6 is 0 Å². The second-order valence-corrected chi connectivity index (χ2v) is 5.30. The van der Waals surface area contributed by atoms with Crippen molar-refractivity contribution in [1.82, 2.24) is 4.98 Å². The number of ether oxygens (including phenoxy) is 2. The van der Waals surface area contributed by atoms with Crippen molar-refractivity contribution in [2.24, 2.45) is 0 Å². The zero-order chi connectivity index (χ0) is 16.4. The van der Waals surface area contributed by atoms with E-state index in [0.29, 0.717) is 5.56 Å². The van der Waals surface area contributed by atoms with Crippen LogP contribution in [0.1, 0.15) is 15.9 Å². The lowest BCUT2D eigenvalue weighted by Gasteiger charge is -2.10. The first-order chi connectivity index (χ1) is 11.1. The van der Waals surface area contributed by atoms with Crippen LogP contribution in [0, 0.1) is 6.92 Å². The molecule has 4 nitrogen and oxygen atoms in total. The van der Waals surface area contributed by atoms with E-state index in [1.165, 1.54) is 7.11 Å². The van der Waals surface area contributed by atoms with Crippen molar-refractivity contribution in [3.8, 4) is 17.0 Å². The van der Waals surface area contributed by atoms with Gasteiger partial charge in [0, 0.05) is 10.9 Å². The number of hydrogen-bond acceptors (Lipinski definition) is 4. The lowest BCUT2D eigenvalue weighted by molar-refractivity contribution is 0.0603. The number of carbonyl (C=O) groups excluding carboxylic acids is 1. The molecular formula is C19H17NO3. The first kappa shape index (κ1) is 15.0. The van der Waals surface area contributed by atoms with E-state index in [0.717, 1.165) is 33.5 Å². The number of esters is 1. The van der Waals surface area contributed by atoms with Crippen LogP contribution in [-0.4, -0.2) is 25.2 Å². The van der Waals surface area contributed by atoms with Gasteiger partial charge in [-0.3, -0.25) is 0 Å². The molecule has 1 heterocycles. The molecule has 0 atom stereocenters. The first-order valence-corrected chi connectivity index (χ1v) is 7.26. The van der Waals surface area contributed by atoms with E-state index < -0.39 is 0 Å². The number of methoxy groups -OCH3 is 2. The molecule has 0 amide bonds. The average Bonchev–Trinajstić information content (AvgIpc) is 2.60. The van der Waals surface area contributed by atoms with Crippen molar-refractivity contribution in [2.45, 2.75) is 6.92 Å². The van der Waals surface area contributed by atoms with Gasteiger partial charge in [-0.15, -0.1) is 0 Å². The Morgan fingerprint density at radius 2 is 1.74 bits per heavy atom. The van der Waals surface area contributed by atoms with E-state index in [1.807, 2.05) is 49.4 Å². The number of hydrogen-bond donors (Lipinski definition) is 0. The van der Waals surface area contributed by atoms with Crippen LogP contribution in [0.25, 0.3) is 22.2 Å². The van der Waals surface area contributed by atoms with Gasteiger partial charge < -0.3 is 9.47 Å². The van der Waals surface area contributed by atoms with E-state index in [-0.39, 0.29) is 5.97 Å². The molecule has 0 unspecified atom stereocenters. The summed E-state index contributed by atoms with van der Waals surface area (Å²) in [6.45, 7) is 1.98. The van der Waals surface area contributed by atoms with E-state index in [1.54, 1.807) is 13.2 Å². The third kappa shape index (κ3) is 2.88. The van der Waals surface area contributed by atoms with Crippen molar-refractivity contribution in [3.63, 3.8) is 0 Å². The maximum Gasteiger partial charge on any atom is 0.338 e. The summed E-state index contributed by atoms with van der Waals surface area (Å²) in [6, 6.07) is 15.2. The number of carbonyl (C=O) groups is 1. The highest BCUT2D eigenvalue weighted by Crippen LogP contribution is 2.27. The van der Waals surface area contributed by atoms with Crippen LogP contribution in [0.4, 0.5) is 0 Å². The molecule has 0 spiro atoms. The highest BCUT2D eigenvalue weighted by Gasteiger charge is 2.14. The molecule has 3 aromatic rings. The summed E-state index contributed by atoms with van der Waals surface area (Å²) in [5.41, 5.74) is 4.00. The van der Waals surface area contributed by atoms with Gasteiger partial charge in [-0.1, -0.05) is 11.6 Å². The Labute approximate surface area is 134 Å². The van der Waals surface area contributed by atoms with Gasteiger partial charge in [-0.25, -0.2) is 9.78 Å². The minimum atomic E-state index is -0.363. The van der Waals surface area contributed by atoms with Crippen LogP contribution < -0.4 is 4.74 Å². The number of benzene rings is 2. The number of aryl methyl sites for hydroxylation is 1. The van der Waals surface area contributed by atoms with Gasteiger partial charge in [-0.05, 0) is 49.4 Å². The fourth-order valence-corrected chi connectivity index (χ4v) is 2.53. The molecule has 0 radical (unpaired) electrons. The molecule has 2 aromatic carbocycles. The van der Waals surface area contributed by atoms with Crippen LogP contribution in [0.15, 0.2) is 48.5 Å². The minimum Gasteiger partial charge on any atom is -0.497 e. The molecule has 4 heteroatoms.